The molecule has 0 aliphatic heterocycles. The second-order valence-corrected chi connectivity index (χ2v) is 4.62. The van der Waals surface area contributed by atoms with Crippen molar-refractivity contribution in [2.45, 2.75) is 58.9 Å². The number of nitrogens with one attached hydrogen (secondary N) is 1. The first-order valence-corrected chi connectivity index (χ1v) is 6.01. The lowest BCUT2D eigenvalue weighted by Crippen LogP contribution is -2.28. The summed E-state index contributed by atoms with van der Waals surface area (Å²) in [5.41, 5.74) is 0. The molecular formula is C12H25N. The van der Waals surface area contributed by atoms with Crippen molar-refractivity contribution < 1.29 is 0 Å². The van der Waals surface area contributed by atoms with Crippen LogP contribution >= 0.6 is 0 Å². The van der Waals surface area contributed by atoms with Crippen LogP contribution in [0.15, 0.2) is 0 Å². The first-order valence-electron chi connectivity index (χ1n) is 6.01. The first-order chi connectivity index (χ1) is 6.27. The molecule has 0 bridgehead atoms. The Morgan fingerprint density at radius 2 is 2.00 bits per heavy atom. The summed E-state index contributed by atoms with van der Waals surface area (Å²) in [6.45, 7) is 8.26. The van der Waals surface area contributed by atoms with Gasteiger partial charge in [0.1, 0.15) is 0 Å². The van der Waals surface area contributed by atoms with Crippen molar-refractivity contribution in [3.63, 3.8) is 0 Å². The molecule has 0 aromatic heterocycles. The van der Waals surface area contributed by atoms with Crippen LogP contribution in [0.25, 0.3) is 0 Å². The molecule has 0 heterocycles. The summed E-state index contributed by atoms with van der Waals surface area (Å²) in [4.78, 5) is 0. The topological polar surface area (TPSA) is 12.0 Å². The van der Waals surface area contributed by atoms with E-state index in [0.29, 0.717) is 0 Å². The third-order valence-corrected chi connectivity index (χ3v) is 3.35. The van der Waals surface area contributed by atoms with Gasteiger partial charge in [0.25, 0.3) is 0 Å². The molecule has 0 saturated heterocycles. The summed E-state index contributed by atoms with van der Waals surface area (Å²) in [5, 5.41) is 3.66. The van der Waals surface area contributed by atoms with Crippen LogP contribution < -0.4 is 5.32 Å². The summed E-state index contributed by atoms with van der Waals surface area (Å²) < 4.78 is 0. The average Bonchev–Trinajstić information content (AvgIpc) is 2.94. The molecular weight excluding hydrogens is 158 g/mol. The third-order valence-electron chi connectivity index (χ3n) is 3.35. The van der Waals surface area contributed by atoms with Crippen LogP contribution in [0.3, 0.4) is 0 Å². The van der Waals surface area contributed by atoms with E-state index in [-0.39, 0.29) is 0 Å². The van der Waals surface area contributed by atoms with Gasteiger partial charge in [-0.1, -0.05) is 33.6 Å². The fourth-order valence-electron chi connectivity index (χ4n) is 1.90. The molecule has 2 unspecified atom stereocenters. The van der Waals surface area contributed by atoms with Crippen molar-refractivity contribution in [3.8, 4) is 0 Å². The van der Waals surface area contributed by atoms with E-state index < -0.39 is 0 Å². The molecule has 1 N–H and O–H groups in total. The highest BCUT2D eigenvalue weighted by Crippen LogP contribution is 2.23. The highest BCUT2D eigenvalue weighted by Gasteiger charge is 2.23. The van der Waals surface area contributed by atoms with Crippen molar-refractivity contribution in [3.05, 3.63) is 0 Å². The molecule has 78 valence electrons. The molecule has 0 aromatic carbocycles. The third kappa shape index (κ3) is 4.12. The lowest BCUT2D eigenvalue weighted by molar-refractivity contribution is 0.309. The van der Waals surface area contributed by atoms with Crippen molar-refractivity contribution in [2.24, 2.45) is 11.8 Å². The zero-order valence-electron chi connectivity index (χ0n) is 9.47. The van der Waals surface area contributed by atoms with Crippen LogP contribution in [0.2, 0.25) is 0 Å². The van der Waals surface area contributed by atoms with E-state index in [1.54, 1.807) is 0 Å². The fourth-order valence-corrected chi connectivity index (χ4v) is 1.90. The standard InChI is InChI=1S/C12H25N/c1-4-6-11(10(3)5-2)9-13-12-7-8-12/h10-13H,4-9H2,1-3H3. The van der Waals surface area contributed by atoms with Crippen molar-refractivity contribution in [2.75, 3.05) is 6.54 Å². The van der Waals surface area contributed by atoms with Gasteiger partial charge in [-0.25, -0.2) is 0 Å². The lowest BCUT2D eigenvalue weighted by atomic mass is 9.88. The Morgan fingerprint density at radius 1 is 1.31 bits per heavy atom. The Labute approximate surface area is 83.3 Å². The minimum Gasteiger partial charge on any atom is -0.314 e. The molecule has 13 heavy (non-hydrogen) atoms. The van der Waals surface area contributed by atoms with Crippen LogP contribution in [0.1, 0.15) is 52.9 Å². The van der Waals surface area contributed by atoms with Crippen LogP contribution in [0.5, 0.6) is 0 Å². The summed E-state index contributed by atoms with van der Waals surface area (Å²) >= 11 is 0. The van der Waals surface area contributed by atoms with E-state index in [2.05, 4.69) is 26.1 Å². The molecule has 0 amide bonds. The molecule has 0 spiro atoms. The second kappa shape index (κ2) is 5.64. The number of hydrogen-bond donors (Lipinski definition) is 1. The Hall–Kier alpha value is -0.0400. The molecule has 1 rings (SSSR count). The van der Waals surface area contributed by atoms with Gasteiger partial charge in [0.15, 0.2) is 0 Å². The maximum atomic E-state index is 3.66. The Morgan fingerprint density at radius 3 is 2.46 bits per heavy atom. The second-order valence-electron chi connectivity index (χ2n) is 4.62. The normalized spacial score (nSPS) is 21.5. The molecule has 1 aliphatic rings. The lowest BCUT2D eigenvalue weighted by Gasteiger charge is -2.22. The molecule has 1 nitrogen and oxygen atoms in total. The maximum absolute atomic E-state index is 3.66. The van der Waals surface area contributed by atoms with Gasteiger partial charge in [-0.15, -0.1) is 0 Å². The van der Waals surface area contributed by atoms with E-state index in [4.69, 9.17) is 0 Å². The van der Waals surface area contributed by atoms with Gasteiger partial charge in [-0.2, -0.15) is 0 Å². The molecule has 1 heteroatoms. The van der Waals surface area contributed by atoms with E-state index in [1.165, 1.54) is 38.6 Å². The van der Waals surface area contributed by atoms with Crippen LogP contribution in [-0.2, 0) is 0 Å². The molecule has 1 saturated carbocycles. The number of hydrogen-bond acceptors (Lipinski definition) is 1. The maximum Gasteiger partial charge on any atom is 0.00683 e. The highest BCUT2D eigenvalue weighted by molar-refractivity contribution is 4.82. The fraction of sp³-hybridized carbons (Fsp3) is 1.00. The zero-order chi connectivity index (χ0) is 9.68. The highest BCUT2D eigenvalue weighted by atomic mass is 14.9. The van der Waals surface area contributed by atoms with Gasteiger partial charge in [-0.3, -0.25) is 0 Å². The monoisotopic (exact) mass is 183 g/mol. The van der Waals surface area contributed by atoms with Crippen molar-refractivity contribution in [1.82, 2.24) is 5.32 Å². The van der Waals surface area contributed by atoms with E-state index in [0.717, 1.165) is 17.9 Å². The smallest absolute Gasteiger partial charge is 0.00683 e. The molecule has 2 atom stereocenters. The summed E-state index contributed by atoms with van der Waals surface area (Å²) in [7, 11) is 0. The predicted octanol–water partition coefficient (Wildman–Crippen LogP) is 3.20. The molecule has 0 radical (unpaired) electrons. The van der Waals surface area contributed by atoms with Crippen LogP contribution in [-0.4, -0.2) is 12.6 Å². The Kier molecular flexibility index (Phi) is 4.79. The zero-order valence-corrected chi connectivity index (χ0v) is 9.47. The largest absolute Gasteiger partial charge is 0.314 e. The molecule has 1 aliphatic carbocycles. The molecule has 1 fully saturated rings. The Balaban J connectivity index is 2.18. The van der Waals surface area contributed by atoms with Gasteiger partial charge in [0, 0.05) is 6.04 Å². The van der Waals surface area contributed by atoms with E-state index in [1.807, 2.05) is 0 Å². The number of rotatable bonds is 7. The quantitative estimate of drug-likeness (QED) is 0.639. The minimum atomic E-state index is 0.878. The minimum absolute atomic E-state index is 0.878. The van der Waals surface area contributed by atoms with Gasteiger partial charge < -0.3 is 5.32 Å². The van der Waals surface area contributed by atoms with Gasteiger partial charge in [0.05, 0.1) is 0 Å². The average molecular weight is 183 g/mol. The van der Waals surface area contributed by atoms with Crippen molar-refractivity contribution >= 4 is 0 Å². The van der Waals surface area contributed by atoms with Gasteiger partial charge >= 0.3 is 0 Å². The predicted molar refractivity (Wildman–Crippen MR) is 58.9 cm³/mol. The van der Waals surface area contributed by atoms with E-state index in [9.17, 15) is 0 Å². The van der Waals surface area contributed by atoms with Gasteiger partial charge in [-0.05, 0) is 37.6 Å². The molecule has 0 aromatic rings. The summed E-state index contributed by atoms with van der Waals surface area (Å²) in [6.07, 6.45) is 6.89. The summed E-state index contributed by atoms with van der Waals surface area (Å²) in [6, 6.07) is 0.878. The van der Waals surface area contributed by atoms with Crippen molar-refractivity contribution in [1.29, 1.82) is 0 Å². The van der Waals surface area contributed by atoms with Crippen LogP contribution in [0, 0.1) is 11.8 Å². The van der Waals surface area contributed by atoms with E-state index >= 15 is 0 Å². The van der Waals surface area contributed by atoms with Crippen LogP contribution in [0.4, 0.5) is 0 Å². The Bertz CT molecular complexity index is 129. The SMILES string of the molecule is CCCC(CNC1CC1)C(C)CC. The summed E-state index contributed by atoms with van der Waals surface area (Å²) in [5.74, 6) is 1.81. The first kappa shape index (κ1) is 11.0. The van der Waals surface area contributed by atoms with Gasteiger partial charge in [0.2, 0.25) is 0 Å².